The van der Waals surface area contributed by atoms with E-state index >= 15 is 0 Å². The van der Waals surface area contributed by atoms with E-state index in [1.807, 2.05) is 6.92 Å². The minimum absolute atomic E-state index is 0.0643. The van der Waals surface area contributed by atoms with Crippen molar-refractivity contribution in [2.75, 3.05) is 6.54 Å². The SMILES string of the molecule is CC(CN)CC(=O)N[C@H](C(=O)O)C(C)(C)C. The fourth-order valence-corrected chi connectivity index (χ4v) is 1.27. The van der Waals surface area contributed by atoms with Gasteiger partial charge in [-0.05, 0) is 17.9 Å². The van der Waals surface area contributed by atoms with Crippen LogP contribution in [0, 0.1) is 11.3 Å². The number of carbonyl (C=O) groups excluding carboxylic acids is 1. The van der Waals surface area contributed by atoms with Crippen molar-refractivity contribution in [2.45, 2.75) is 40.2 Å². The van der Waals surface area contributed by atoms with Gasteiger partial charge < -0.3 is 16.2 Å². The smallest absolute Gasteiger partial charge is 0.326 e. The molecule has 0 saturated carbocycles. The molecule has 0 spiro atoms. The molecule has 0 aliphatic carbocycles. The van der Waals surface area contributed by atoms with Crippen molar-refractivity contribution in [2.24, 2.45) is 17.1 Å². The number of amides is 1. The zero-order valence-corrected chi connectivity index (χ0v) is 10.4. The van der Waals surface area contributed by atoms with E-state index in [1.54, 1.807) is 20.8 Å². The Bertz CT molecular complexity index is 258. The lowest BCUT2D eigenvalue weighted by Gasteiger charge is -2.28. The molecule has 0 aromatic carbocycles. The fraction of sp³-hybridized carbons (Fsp3) is 0.818. The normalized spacial score (nSPS) is 15.3. The standard InChI is InChI=1S/C11H22N2O3/c1-7(6-12)5-8(14)13-9(10(15)16)11(2,3)4/h7,9H,5-6,12H2,1-4H3,(H,13,14)(H,15,16)/t7?,9-/m1/s1. The highest BCUT2D eigenvalue weighted by Crippen LogP contribution is 2.19. The second-order valence-electron chi connectivity index (χ2n) is 5.25. The van der Waals surface area contributed by atoms with Gasteiger partial charge in [-0.3, -0.25) is 4.79 Å². The largest absolute Gasteiger partial charge is 0.480 e. The molecule has 16 heavy (non-hydrogen) atoms. The Morgan fingerprint density at radius 3 is 2.19 bits per heavy atom. The van der Waals surface area contributed by atoms with Crippen LogP contribution < -0.4 is 11.1 Å². The minimum atomic E-state index is -1.01. The van der Waals surface area contributed by atoms with E-state index in [0.717, 1.165) is 0 Å². The average Bonchev–Trinajstić information content (AvgIpc) is 2.11. The molecule has 0 aromatic rings. The highest BCUT2D eigenvalue weighted by molar-refractivity contribution is 5.84. The Balaban J connectivity index is 4.43. The zero-order valence-electron chi connectivity index (χ0n) is 10.4. The molecule has 0 heterocycles. The van der Waals surface area contributed by atoms with E-state index in [1.165, 1.54) is 0 Å². The van der Waals surface area contributed by atoms with Crippen molar-refractivity contribution in [1.82, 2.24) is 5.32 Å². The van der Waals surface area contributed by atoms with Gasteiger partial charge in [0.1, 0.15) is 6.04 Å². The summed E-state index contributed by atoms with van der Waals surface area (Å²) in [5.41, 5.74) is 4.89. The number of aliphatic carboxylic acids is 1. The van der Waals surface area contributed by atoms with Gasteiger partial charge in [0.25, 0.3) is 0 Å². The molecular weight excluding hydrogens is 208 g/mol. The van der Waals surface area contributed by atoms with E-state index in [9.17, 15) is 9.59 Å². The van der Waals surface area contributed by atoms with Gasteiger partial charge in [-0.2, -0.15) is 0 Å². The molecule has 0 saturated heterocycles. The predicted molar refractivity (Wildman–Crippen MR) is 61.9 cm³/mol. The molecule has 0 radical (unpaired) electrons. The first-order chi connectivity index (χ1) is 7.18. The van der Waals surface area contributed by atoms with Gasteiger partial charge in [0.2, 0.25) is 5.91 Å². The Kier molecular flexibility index (Phi) is 5.44. The van der Waals surface area contributed by atoms with Gasteiger partial charge in [0, 0.05) is 6.42 Å². The van der Waals surface area contributed by atoms with E-state index in [-0.39, 0.29) is 18.2 Å². The number of nitrogens with two attached hydrogens (primary N) is 1. The lowest BCUT2D eigenvalue weighted by molar-refractivity contribution is -0.145. The Labute approximate surface area is 96.4 Å². The molecule has 0 bridgehead atoms. The molecule has 1 unspecified atom stereocenters. The van der Waals surface area contributed by atoms with Crippen LogP contribution in [0.4, 0.5) is 0 Å². The number of rotatable bonds is 5. The van der Waals surface area contributed by atoms with Crippen LogP contribution in [0.25, 0.3) is 0 Å². The first-order valence-electron chi connectivity index (χ1n) is 5.40. The van der Waals surface area contributed by atoms with E-state index in [4.69, 9.17) is 10.8 Å². The maximum atomic E-state index is 11.5. The maximum Gasteiger partial charge on any atom is 0.326 e. The first-order valence-corrected chi connectivity index (χ1v) is 5.40. The van der Waals surface area contributed by atoms with Crippen LogP contribution in [0.15, 0.2) is 0 Å². The van der Waals surface area contributed by atoms with Crippen LogP contribution in [0.2, 0.25) is 0 Å². The second kappa shape index (κ2) is 5.84. The molecule has 1 amide bonds. The molecule has 0 aliphatic rings. The highest BCUT2D eigenvalue weighted by Gasteiger charge is 2.32. The van der Waals surface area contributed by atoms with Crippen molar-refractivity contribution in [3.8, 4) is 0 Å². The van der Waals surface area contributed by atoms with E-state index < -0.39 is 17.4 Å². The number of carbonyl (C=O) groups is 2. The van der Waals surface area contributed by atoms with Gasteiger partial charge in [-0.25, -0.2) is 4.79 Å². The molecule has 0 rings (SSSR count). The highest BCUT2D eigenvalue weighted by atomic mass is 16.4. The lowest BCUT2D eigenvalue weighted by Crippen LogP contribution is -2.49. The molecule has 4 N–H and O–H groups in total. The topological polar surface area (TPSA) is 92.4 Å². The van der Waals surface area contributed by atoms with Gasteiger partial charge in [-0.15, -0.1) is 0 Å². The van der Waals surface area contributed by atoms with Crippen LogP contribution in [0.5, 0.6) is 0 Å². The Hall–Kier alpha value is -1.10. The number of carboxylic acids is 1. The Morgan fingerprint density at radius 2 is 1.88 bits per heavy atom. The van der Waals surface area contributed by atoms with Gasteiger partial charge >= 0.3 is 5.97 Å². The van der Waals surface area contributed by atoms with Gasteiger partial charge in [0.05, 0.1) is 0 Å². The predicted octanol–water partition coefficient (Wildman–Crippen LogP) is 0.587. The molecule has 0 aromatic heterocycles. The van der Waals surface area contributed by atoms with E-state index in [2.05, 4.69) is 5.32 Å². The van der Waals surface area contributed by atoms with Crippen LogP contribution in [0.3, 0.4) is 0 Å². The summed E-state index contributed by atoms with van der Waals surface area (Å²) in [6.45, 7) is 7.60. The minimum Gasteiger partial charge on any atom is -0.480 e. The average molecular weight is 230 g/mol. The van der Waals surface area contributed by atoms with Crippen molar-refractivity contribution >= 4 is 11.9 Å². The summed E-state index contributed by atoms with van der Waals surface area (Å²) in [6, 6.07) is -0.870. The number of nitrogens with one attached hydrogen (secondary N) is 1. The summed E-state index contributed by atoms with van der Waals surface area (Å²) in [4.78, 5) is 22.5. The molecular formula is C11H22N2O3. The third-order valence-electron chi connectivity index (χ3n) is 2.35. The van der Waals surface area contributed by atoms with Crippen LogP contribution in [-0.2, 0) is 9.59 Å². The molecule has 0 aliphatic heterocycles. The molecule has 5 heteroatoms. The number of hydrogen-bond donors (Lipinski definition) is 3. The maximum absolute atomic E-state index is 11.5. The molecule has 5 nitrogen and oxygen atoms in total. The van der Waals surface area contributed by atoms with Gasteiger partial charge in [0.15, 0.2) is 0 Å². The third-order valence-corrected chi connectivity index (χ3v) is 2.35. The van der Waals surface area contributed by atoms with Crippen LogP contribution in [0.1, 0.15) is 34.1 Å². The second-order valence-corrected chi connectivity index (χ2v) is 5.25. The van der Waals surface area contributed by atoms with Crippen LogP contribution in [-0.4, -0.2) is 29.6 Å². The van der Waals surface area contributed by atoms with E-state index in [0.29, 0.717) is 6.54 Å². The molecule has 94 valence electrons. The van der Waals surface area contributed by atoms with Gasteiger partial charge in [-0.1, -0.05) is 27.7 Å². The Morgan fingerprint density at radius 1 is 1.38 bits per heavy atom. The van der Waals surface area contributed by atoms with Crippen molar-refractivity contribution in [1.29, 1.82) is 0 Å². The summed E-state index contributed by atoms with van der Waals surface area (Å²) < 4.78 is 0. The molecule has 2 atom stereocenters. The van der Waals surface area contributed by atoms with Crippen molar-refractivity contribution < 1.29 is 14.7 Å². The summed E-state index contributed by atoms with van der Waals surface area (Å²) in [5, 5.41) is 11.5. The third kappa shape index (κ3) is 5.11. The lowest BCUT2D eigenvalue weighted by atomic mass is 9.86. The van der Waals surface area contributed by atoms with Crippen molar-refractivity contribution in [3.63, 3.8) is 0 Å². The zero-order chi connectivity index (χ0) is 12.9. The summed E-state index contributed by atoms with van der Waals surface area (Å²) >= 11 is 0. The summed E-state index contributed by atoms with van der Waals surface area (Å²) in [6.07, 6.45) is 0.260. The quantitative estimate of drug-likeness (QED) is 0.644. The number of hydrogen-bond acceptors (Lipinski definition) is 3. The molecule has 0 fully saturated rings. The fourth-order valence-electron chi connectivity index (χ4n) is 1.27. The summed E-state index contributed by atoms with van der Waals surface area (Å²) in [7, 11) is 0. The van der Waals surface area contributed by atoms with Crippen molar-refractivity contribution in [3.05, 3.63) is 0 Å². The monoisotopic (exact) mass is 230 g/mol. The summed E-state index contributed by atoms with van der Waals surface area (Å²) in [5.74, 6) is -1.21. The van der Waals surface area contributed by atoms with Crippen LogP contribution >= 0.6 is 0 Å². The first kappa shape index (κ1) is 14.9. The number of carboxylic acid groups (broad SMARTS) is 1.